The standard InChI is InChI=1S/C19H24N4O2/c1-14-12-16(15(2)20-14)13-18(24)22-8-10-23(11-9-22)19(25)21-17-6-4-3-5-7-17/h3-7,12,20H,8-11,13H2,1-2H3,(H,21,25). The Bertz CT molecular complexity index is 746. The van der Waals surface area contributed by atoms with E-state index in [9.17, 15) is 9.59 Å². The third kappa shape index (κ3) is 4.21. The first-order valence-corrected chi connectivity index (χ1v) is 8.57. The van der Waals surface area contributed by atoms with Crippen molar-refractivity contribution in [3.63, 3.8) is 0 Å². The Hall–Kier alpha value is -2.76. The lowest BCUT2D eigenvalue weighted by Crippen LogP contribution is -2.52. The molecule has 0 unspecified atom stereocenters. The molecule has 1 aliphatic heterocycles. The summed E-state index contributed by atoms with van der Waals surface area (Å²) in [4.78, 5) is 31.6. The number of nitrogens with one attached hydrogen (secondary N) is 2. The minimum Gasteiger partial charge on any atom is -0.362 e. The minimum absolute atomic E-state index is 0.115. The van der Waals surface area contributed by atoms with Crippen molar-refractivity contribution in [3.8, 4) is 0 Å². The second kappa shape index (κ2) is 7.42. The van der Waals surface area contributed by atoms with Crippen LogP contribution in [0.1, 0.15) is 17.0 Å². The number of amides is 3. The third-order valence-corrected chi connectivity index (χ3v) is 4.54. The molecule has 3 rings (SSSR count). The van der Waals surface area contributed by atoms with Gasteiger partial charge in [-0.15, -0.1) is 0 Å². The summed E-state index contributed by atoms with van der Waals surface area (Å²) in [5.74, 6) is 0.116. The number of aromatic amines is 1. The molecule has 0 aliphatic carbocycles. The second-order valence-corrected chi connectivity index (χ2v) is 6.44. The molecule has 1 saturated heterocycles. The molecular formula is C19H24N4O2. The molecule has 25 heavy (non-hydrogen) atoms. The summed E-state index contributed by atoms with van der Waals surface area (Å²) in [6.07, 6.45) is 0.409. The number of benzene rings is 1. The lowest BCUT2D eigenvalue weighted by Gasteiger charge is -2.34. The van der Waals surface area contributed by atoms with Crippen LogP contribution in [-0.2, 0) is 11.2 Å². The number of carbonyl (C=O) groups excluding carboxylic acids is 2. The van der Waals surface area contributed by atoms with E-state index in [1.165, 1.54) is 0 Å². The lowest BCUT2D eigenvalue weighted by molar-refractivity contribution is -0.131. The first-order chi connectivity index (χ1) is 12.0. The maximum atomic E-state index is 12.5. The van der Waals surface area contributed by atoms with E-state index >= 15 is 0 Å². The van der Waals surface area contributed by atoms with Crippen LogP contribution >= 0.6 is 0 Å². The Morgan fingerprint density at radius 1 is 1.04 bits per heavy atom. The van der Waals surface area contributed by atoms with E-state index in [-0.39, 0.29) is 11.9 Å². The number of anilines is 1. The maximum absolute atomic E-state index is 12.5. The van der Waals surface area contributed by atoms with Gasteiger partial charge in [0.15, 0.2) is 0 Å². The van der Waals surface area contributed by atoms with Gasteiger partial charge in [0.25, 0.3) is 0 Å². The first-order valence-electron chi connectivity index (χ1n) is 8.57. The molecule has 0 bridgehead atoms. The van der Waals surface area contributed by atoms with Crippen LogP contribution in [0.5, 0.6) is 0 Å². The zero-order chi connectivity index (χ0) is 17.8. The SMILES string of the molecule is Cc1cc(CC(=O)N2CCN(C(=O)Nc3ccccc3)CC2)c(C)[nH]1. The molecular weight excluding hydrogens is 316 g/mol. The lowest BCUT2D eigenvalue weighted by atomic mass is 10.1. The van der Waals surface area contributed by atoms with Crippen molar-refractivity contribution in [2.45, 2.75) is 20.3 Å². The van der Waals surface area contributed by atoms with Crippen LogP contribution in [-0.4, -0.2) is 52.9 Å². The van der Waals surface area contributed by atoms with Crippen LogP contribution in [0.3, 0.4) is 0 Å². The van der Waals surface area contributed by atoms with Gasteiger partial charge in [-0.05, 0) is 37.6 Å². The third-order valence-electron chi connectivity index (χ3n) is 4.54. The Kier molecular flexibility index (Phi) is 5.07. The number of rotatable bonds is 3. The number of carbonyl (C=O) groups is 2. The molecule has 1 aromatic heterocycles. The molecule has 6 nitrogen and oxygen atoms in total. The fourth-order valence-electron chi connectivity index (χ4n) is 3.12. The Labute approximate surface area is 147 Å². The number of piperazine rings is 1. The van der Waals surface area contributed by atoms with Gasteiger partial charge in [0.1, 0.15) is 0 Å². The van der Waals surface area contributed by atoms with Crippen LogP contribution in [0.2, 0.25) is 0 Å². The van der Waals surface area contributed by atoms with Crippen LogP contribution in [0.15, 0.2) is 36.4 Å². The quantitative estimate of drug-likeness (QED) is 0.902. The van der Waals surface area contributed by atoms with Crippen LogP contribution in [0.25, 0.3) is 0 Å². The van der Waals surface area contributed by atoms with Gasteiger partial charge in [-0.2, -0.15) is 0 Å². The van der Waals surface area contributed by atoms with Crippen molar-refractivity contribution >= 4 is 17.6 Å². The van der Waals surface area contributed by atoms with E-state index < -0.39 is 0 Å². The van der Waals surface area contributed by atoms with Crippen molar-refractivity contribution < 1.29 is 9.59 Å². The fraction of sp³-hybridized carbons (Fsp3) is 0.368. The predicted octanol–water partition coefficient (Wildman–Crippen LogP) is 2.55. The van der Waals surface area contributed by atoms with Crippen molar-refractivity contribution in [1.82, 2.24) is 14.8 Å². The minimum atomic E-state index is -0.115. The summed E-state index contributed by atoms with van der Waals surface area (Å²) >= 11 is 0. The molecule has 0 atom stereocenters. The van der Waals surface area contributed by atoms with E-state index in [0.29, 0.717) is 32.6 Å². The maximum Gasteiger partial charge on any atom is 0.321 e. The monoisotopic (exact) mass is 340 g/mol. The zero-order valence-electron chi connectivity index (χ0n) is 14.7. The molecule has 0 spiro atoms. The van der Waals surface area contributed by atoms with Crippen molar-refractivity contribution in [3.05, 3.63) is 53.3 Å². The Morgan fingerprint density at radius 2 is 1.68 bits per heavy atom. The first kappa shape index (κ1) is 17.1. The average molecular weight is 340 g/mol. The zero-order valence-corrected chi connectivity index (χ0v) is 14.7. The molecule has 6 heteroatoms. The highest BCUT2D eigenvalue weighted by Gasteiger charge is 2.24. The Morgan fingerprint density at radius 3 is 2.28 bits per heavy atom. The number of hydrogen-bond donors (Lipinski definition) is 2. The van der Waals surface area contributed by atoms with Gasteiger partial charge in [-0.25, -0.2) is 4.79 Å². The van der Waals surface area contributed by atoms with E-state index in [4.69, 9.17) is 0 Å². The number of nitrogens with zero attached hydrogens (tertiary/aromatic N) is 2. The van der Waals surface area contributed by atoms with Crippen molar-refractivity contribution in [2.75, 3.05) is 31.5 Å². The van der Waals surface area contributed by atoms with E-state index in [0.717, 1.165) is 22.6 Å². The van der Waals surface area contributed by atoms with Crippen molar-refractivity contribution in [1.29, 1.82) is 0 Å². The van der Waals surface area contributed by atoms with Gasteiger partial charge >= 0.3 is 6.03 Å². The molecule has 0 saturated carbocycles. The number of aromatic nitrogens is 1. The van der Waals surface area contributed by atoms with E-state index in [2.05, 4.69) is 10.3 Å². The van der Waals surface area contributed by atoms with Crippen LogP contribution in [0, 0.1) is 13.8 Å². The Balaban J connectivity index is 1.50. The largest absolute Gasteiger partial charge is 0.362 e. The normalized spacial score (nSPS) is 14.5. The summed E-state index contributed by atoms with van der Waals surface area (Å²) in [6.45, 7) is 6.23. The second-order valence-electron chi connectivity index (χ2n) is 6.44. The molecule has 2 heterocycles. The number of para-hydroxylation sites is 1. The highest BCUT2D eigenvalue weighted by atomic mass is 16.2. The smallest absolute Gasteiger partial charge is 0.321 e. The van der Waals surface area contributed by atoms with Crippen molar-refractivity contribution in [2.24, 2.45) is 0 Å². The summed E-state index contributed by atoms with van der Waals surface area (Å²) < 4.78 is 0. The van der Waals surface area contributed by atoms with Gasteiger partial charge < -0.3 is 20.1 Å². The molecule has 2 aromatic rings. The molecule has 1 fully saturated rings. The average Bonchev–Trinajstić information content (AvgIpc) is 2.93. The molecule has 0 radical (unpaired) electrons. The number of H-pyrrole nitrogens is 1. The summed E-state index contributed by atoms with van der Waals surface area (Å²) in [7, 11) is 0. The molecule has 132 valence electrons. The fourth-order valence-corrected chi connectivity index (χ4v) is 3.12. The van der Waals surface area contributed by atoms with Gasteiger partial charge in [-0.3, -0.25) is 4.79 Å². The molecule has 1 aliphatic rings. The molecule has 2 N–H and O–H groups in total. The summed E-state index contributed by atoms with van der Waals surface area (Å²) in [6, 6.07) is 11.3. The summed E-state index contributed by atoms with van der Waals surface area (Å²) in [5.41, 5.74) is 3.95. The highest BCUT2D eigenvalue weighted by molar-refractivity contribution is 5.89. The van der Waals surface area contributed by atoms with Gasteiger partial charge in [0.2, 0.25) is 5.91 Å². The summed E-state index contributed by atoms with van der Waals surface area (Å²) in [5, 5.41) is 2.89. The predicted molar refractivity (Wildman–Crippen MR) is 97.6 cm³/mol. The van der Waals surface area contributed by atoms with E-state index in [1.54, 1.807) is 4.90 Å². The van der Waals surface area contributed by atoms with E-state index in [1.807, 2.05) is 55.1 Å². The van der Waals surface area contributed by atoms with Gasteiger partial charge in [0.05, 0.1) is 6.42 Å². The van der Waals surface area contributed by atoms with Gasteiger partial charge in [-0.1, -0.05) is 18.2 Å². The molecule has 1 aromatic carbocycles. The van der Waals surface area contributed by atoms with Crippen LogP contribution < -0.4 is 5.32 Å². The van der Waals surface area contributed by atoms with Gasteiger partial charge in [0, 0.05) is 43.3 Å². The van der Waals surface area contributed by atoms with Crippen LogP contribution in [0.4, 0.5) is 10.5 Å². The topological polar surface area (TPSA) is 68.4 Å². The highest BCUT2D eigenvalue weighted by Crippen LogP contribution is 2.13. The number of hydrogen-bond acceptors (Lipinski definition) is 2. The number of aryl methyl sites for hydroxylation is 2. The number of urea groups is 1. The molecule has 3 amide bonds.